The first-order valence-electron chi connectivity index (χ1n) is 8.38. The van der Waals surface area contributed by atoms with Crippen molar-refractivity contribution >= 4 is 12.0 Å². The molecule has 0 radical (unpaired) electrons. The zero-order valence-electron chi connectivity index (χ0n) is 15.3. The Kier molecular flexibility index (Phi) is 6.92. The minimum Gasteiger partial charge on any atom is -0.493 e. The van der Waals surface area contributed by atoms with E-state index in [-0.39, 0.29) is 5.97 Å². The van der Waals surface area contributed by atoms with E-state index in [9.17, 15) is 4.79 Å². The van der Waals surface area contributed by atoms with Crippen molar-refractivity contribution in [3.63, 3.8) is 0 Å². The lowest BCUT2D eigenvalue weighted by Crippen LogP contribution is -2.21. The first kappa shape index (κ1) is 18.9. The highest BCUT2D eigenvalue weighted by atomic mass is 16.5. The van der Waals surface area contributed by atoms with E-state index < -0.39 is 0 Å². The molecule has 136 valence electrons. The van der Waals surface area contributed by atoms with Gasteiger partial charge in [-0.25, -0.2) is 4.79 Å². The molecule has 0 saturated carbocycles. The number of allylic oxidation sites excluding steroid dienone is 2. The zero-order valence-corrected chi connectivity index (χ0v) is 15.3. The molecule has 0 heterocycles. The van der Waals surface area contributed by atoms with E-state index in [1.165, 1.54) is 6.08 Å². The molecule has 0 bridgehead atoms. The molecule has 0 aromatic heterocycles. The first-order valence-corrected chi connectivity index (χ1v) is 8.38. The van der Waals surface area contributed by atoms with Crippen LogP contribution >= 0.6 is 0 Å². The summed E-state index contributed by atoms with van der Waals surface area (Å²) in [6.45, 7) is 2.64. The molecule has 0 N–H and O–H groups in total. The summed E-state index contributed by atoms with van der Waals surface area (Å²) in [5.74, 6) is 2.18. The van der Waals surface area contributed by atoms with Gasteiger partial charge in [0.2, 0.25) is 5.75 Å². The highest BCUT2D eigenvalue weighted by Gasteiger charge is 2.19. The van der Waals surface area contributed by atoms with Crippen molar-refractivity contribution < 1.29 is 23.7 Å². The Morgan fingerprint density at radius 1 is 1.08 bits per heavy atom. The van der Waals surface area contributed by atoms with Gasteiger partial charge in [-0.05, 0) is 48.4 Å². The number of carbonyl (C=O) groups is 1. The minimum atomic E-state index is -0.351. The van der Waals surface area contributed by atoms with Crippen molar-refractivity contribution in [3.8, 4) is 17.2 Å². The Morgan fingerprint density at radius 2 is 1.72 bits per heavy atom. The lowest BCUT2D eigenvalue weighted by molar-refractivity contribution is -0.139. The maximum absolute atomic E-state index is 12.0. The van der Waals surface area contributed by atoms with E-state index in [0.29, 0.717) is 35.7 Å². The van der Waals surface area contributed by atoms with E-state index >= 15 is 0 Å². The molecular formula is C20H26O5. The molecule has 2 rings (SSSR count). The van der Waals surface area contributed by atoms with Crippen LogP contribution in [0.5, 0.6) is 17.2 Å². The Labute approximate surface area is 149 Å². The van der Waals surface area contributed by atoms with E-state index in [2.05, 4.69) is 19.1 Å². The number of rotatable bonds is 7. The largest absolute Gasteiger partial charge is 0.493 e. The second kappa shape index (κ2) is 9.16. The van der Waals surface area contributed by atoms with Crippen LogP contribution in [0.25, 0.3) is 6.08 Å². The van der Waals surface area contributed by atoms with Crippen LogP contribution in [0.1, 0.15) is 25.3 Å². The van der Waals surface area contributed by atoms with Crippen molar-refractivity contribution in [1.82, 2.24) is 0 Å². The number of hydrogen-bond donors (Lipinski definition) is 0. The molecular weight excluding hydrogens is 320 g/mol. The molecule has 1 aliphatic carbocycles. The monoisotopic (exact) mass is 346 g/mol. The smallest absolute Gasteiger partial charge is 0.330 e. The van der Waals surface area contributed by atoms with Crippen LogP contribution in [0.2, 0.25) is 0 Å². The highest BCUT2D eigenvalue weighted by molar-refractivity contribution is 5.87. The third kappa shape index (κ3) is 5.02. The van der Waals surface area contributed by atoms with Gasteiger partial charge in [0.05, 0.1) is 27.9 Å². The molecule has 0 aliphatic heterocycles. The van der Waals surface area contributed by atoms with Crippen LogP contribution < -0.4 is 14.2 Å². The van der Waals surface area contributed by atoms with E-state index in [1.807, 2.05) is 0 Å². The van der Waals surface area contributed by atoms with Gasteiger partial charge >= 0.3 is 5.97 Å². The number of ether oxygens (including phenoxy) is 4. The predicted molar refractivity (Wildman–Crippen MR) is 97.1 cm³/mol. The predicted octanol–water partition coefficient (Wildman–Crippen LogP) is 3.87. The third-order valence-electron chi connectivity index (χ3n) is 4.46. The molecule has 5 heteroatoms. The fourth-order valence-corrected chi connectivity index (χ4v) is 2.84. The molecule has 5 nitrogen and oxygen atoms in total. The maximum Gasteiger partial charge on any atom is 0.330 e. The van der Waals surface area contributed by atoms with Crippen LogP contribution in [0.3, 0.4) is 0 Å². The summed E-state index contributed by atoms with van der Waals surface area (Å²) >= 11 is 0. The standard InChI is InChI=1S/C20H26O5/c1-14-7-5-6-8-16(14)13-25-19(21)10-9-15-11-17(22-2)20(24-4)18(12-15)23-3/h5-6,9-12,14,16H,7-8,13H2,1-4H3/b10-9+. The van der Waals surface area contributed by atoms with Gasteiger partial charge in [0, 0.05) is 6.08 Å². The van der Waals surface area contributed by atoms with E-state index in [0.717, 1.165) is 18.4 Å². The van der Waals surface area contributed by atoms with E-state index in [4.69, 9.17) is 18.9 Å². The molecule has 1 aromatic rings. The molecule has 0 fully saturated rings. The van der Waals surface area contributed by atoms with Crippen LogP contribution in [-0.2, 0) is 9.53 Å². The molecule has 0 spiro atoms. The second-order valence-electron chi connectivity index (χ2n) is 6.10. The molecule has 2 atom stereocenters. The summed E-state index contributed by atoms with van der Waals surface area (Å²) in [6, 6.07) is 3.55. The first-order chi connectivity index (χ1) is 12.1. The highest BCUT2D eigenvalue weighted by Crippen LogP contribution is 2.38. The number of benzene rings is 1. The summed E-state index contributed by atoms with van der Waals surface area (Å²) in [5, 5.41) is 0. The normalized spacial score (nSPS) is 19.7. The van der Waals surface area contributed by atoms with Gasteiger partial charge in [-0.3, -0.25) is 0 Å². The fraction of sp³-hybridized carbons (Fsp3) is 0.450. The fourth-order valence-electron chi connectivity index (χ4n) is 2.84. The average molecular weight is 346 g/mol. The Balaban J connectivity index is 2.00. The van der Waals surface area contributed by atoms with Gasteiger partial charge < -0.3 is 18.9 Å². The van der Waals surface area contributed by atoms with Gasteiger partial charge in [0.25, 0.3) is 0 Å². The van der Waals surface area contributed by atoms with Gasteiger partial charge in [-0.1, -0.05) is 19.1 Å². The SMILES string of the molecule is COc1cc(/C=C/C(=O)OCC2CC=CCC2C)cc(OC)c1OC. The number of esters is 1. The number of hydrogen-bond acceptors (Lipinski definition) is 5. The minimum absolute atomic E-state index is 0.351. The molecule has 25 heavy (non-hydrogen) atoms. The quantitative estimate of drug-likeness (QED) is 0.426. The van der Waals surface area contributed by atoms with Crippen molar-refractivity contribution in [1.29, 1.82) is 0 Å². The summed E-state index contributed by atoms with van der Waals surface area (Å²) in [5.41, 5.74) is 0.764. The summed E-state index contributed by atoms with van der Waals surface area (Å²) in [6.07, 6.45) is 9.45. The van der Waals surface area contributed by atoms with Crippen LogP contribution in [-0.4, -0.2) is 33.9 Å². The molecule has 0 amide bonds. The topological polar surface area (TPSA) is 54.0 Å². The summed E-state index contributed by atoms with van der Waals surface area (Å²) < 4.78 is 21.3. The Bertz CT molecular complexity index is 622. The van der Waals surface area contributed by atoms with Gasteiger partial charge in [0.15, 0.2) is 11.5 Å². The van der Waals surface area contributed by atoms with Crippen molar-refractivity contribution in [3.05, 3.63) is 35.9 Å². The second-order valence-corrected chi connectivity index (χ2v) is 6.10. The molecule has 0 saturated heterocycles. The molecule has 1 aliphatic rings. The van der Waals surface area contributed by atoms with Gasteiger partial charge in [-0.2, -0.15) is 0 Å². The lowest BCUT2D eigenvalue weighted by Gasteiger charge is -2.24. The average Bonchev–Trinajstić information content (AvgIpc) is 2.64. The van der Waals surface area contributed by atoms with Gasteiger partial charge in [0.1, 0.15) is 0 Å². The Hall–Kier alpha value is -2.43. The number of carbonyl (C=O) groups excluding carboxylic acids is 1. The maximum atomic E-state index is 12.0. The van der Waals surface area contributed by atoms with Crippen molar-refractivity contribution in [2.75, 3.05) is 27.9 Å². The summed E-state index contributed by atoms with van der Waals surface area (Å²) in [4.78, 5) is 12.0. The molecule has 1 aromatic carbocycles. The van der Waals surface area contributed by atoms with Crippen LogP contribution in [0.4, 0.5) is 0 Å². The Morgan fingerprint density at radius 3 is 2.28 bits per heavy atom. The third-order valence-corrected chi connectivity index (χ3v) is 4.46. The molecule has 2 unspecified atom stereocenters. The lowest BCUT2D eigenvalue weighted by atomic mass is 9.85. The zero-order chi connectivity index (χ0) is 18.2. The van der Waals surface area contributed by atoms with Crippen LogP contribution in [0, 0.1) is 11.8 Å². The van der Waals surface area contributed by atoms with E-state index in [1.54, 1.807) is 39.5 Å². The van der Waals surface area contributed by atoms with Crippen molar-refractivity contribution in [2.45, 2.75) is 19.8 Å². The van der Waals surface area contributed by atoms with Crippen LogP contribution in [0.15, 0.2) is 30.4 Å². The number of methoxy groups -OCH3 is 3. The van der Waals surface area contributed by atoms with Crippen molar-refractivity contribution in [2.24, 2.45) is 11.8 Å². The van der Waals surface area contributed by atoms with Gasteiger partial charge in [-0.15, -0.1) is 0 Å². The summed E-state index contributed by atoms with van der Waals surface area (Å²) in [7, 11) is 4.66.